The number of hydrogen-bond acceptors (Lipinski definition) is 0. The van der Waals surface area contributed by atoms with Crippen LogP contribution in [0.15, 0.2) is 18.2 Å². The van der Waals surface area contributed by atoms with Gasteiger partial charge in [-0.25, -0.2) is 0 Å². The molecule has 0 aliphatic carbocycles. The number of benzene rings is 2. The molecule has 0 bridgehead atoms. The summed E-state index contributed by atoms with van der Waals surface area (Å²) in [5, 5.41) is 3.18. The molecular formula is C10H3Cl3. The number of halogens is 3. The number of rotatable bonds is 0. The van der Waals surface area contributed by atoms with E-state index in [2.05, 4.69) is 12.1 Å². The first-order valence-corrected chi connectivity index (χ1v) is 4.68. The molecule has 0 amide bonds. The summed E-state index contributed by atoms with van der Waals surface area (Å²) in [6.45, 7) is 0. The van der Waals surface area contributed by atoms with Gasteiger partial charge < -0.3 is 0 Å². The molecule has 0 aromatic heterocycles. The van der Waals surface area contributed by atoms with E-state index in [1.807, 2.05) is 0 Å². The lowest BCUT2D eigenvalue weighted by Gasteiger charge is -1.99. The summed E-state index contributed by atoms with van der Waals surface area (Å²) in [5.74, 6) is 0. The normalized spacial score (nSPS) is 10.7. The second-order valence-corrected chi connectivity index (χ2v) is 3.80. The highest BCUT2D eigenvalue weighted by molar-refractivity contribution is 6.42. The van der Waals surface area contributed by atoms with Crippen molar-refractivity contribution >= 4 is 45.6 Å². The van der Waals surface area contributed by atoms with Crippen molar-refractivity contribution < 1.29 is 0 Å². The Morgan fingerprint density at radius 3 is 2.54 bits per heavy atom. The van der Waals surface area contributed by atoms with E-state index in [1.54, 1.807) is 18.2 Å². The molecule has 0 nitrogen and oxygen atoms in total. The number of hydrogen-bond donors (Lipinski definition) is 0. The second-order valence-electron chi connectivity index (χ2n) is 2.58. The maximum Gasteiger partial charge on any atom is 0.0677 e. The molecule has 2 aromatic rings. The minimum absolute atomic E-state index is 0.407. The van der Waals surface area contributed by atoms with E-state index in [-0.39, 0.29) is 0 Å². The van der Waals surface area contributed by atoms with Gasteiger partial charge in [0.15, 0.2) is 0 Å². The van der Waals surface area contributed by atoms with Crippen molar-refractivity contribution in [2.75, 3.05) is 0 Å². The minimum atomic E-state index is 0.407. The van der Waals surface area contributed by atoms with Crippen LogP contribution in [0.4, 0.5) is 0 Å². The first-order valence-electron chi connectivity index (χ1n) is 3.55. The highest BCUT2D eigenvalue weighted by Gasteiger charge is 2.01. The van der Waals surface area contributed by atoms with E-state index >= 15 is 0 Å². The lowest BCUT2D eigenvalue weighted by Crippen LogP contribution is -1.75. The fourth-order valence-corrected chi connectivity index (χ4v) is 1.55. The topological polar surface area (TPSA) is 0 Å². The molecule has 0 unspecified atom stereocenters. The summed E-state index contributed by atoms with van der Waals surface area (Å²) in [5.41, 5.74) is 0. The molecule has 2 aromatic carbocycles. The molecule has 64 valence electrons. The highest BCUT2D eigenvalue weighted by atomic mass is 35.5. The fourth-order valence-electron chi connectivity index (χ4n) is 1.07. The van der Waals surface area contributed by atoms with Crippen LogP contribution in [-0.4, -0.2) is 0 Å². The van der Waals surface area contributed by atoms with Crippen LogP contribution in [0.1, 0.15) is 0 Å². The Labute approximate surface area is 91.0 Å². The Hall–Kier alpha value is -0.430. The van der Waals surface area contributed by atoms with Crippen LogP contribution in [0.5, 0.6) is 0 Å². The Morgan fingerprint density at radius 2 is 1.77 bits per heavy atom. The van der Waals surface area contributed by atoms with Crippen molar-refractivity contribution in [2.45, 2.75) is 0 Å². The van der Waals surface area contributed by atoms with Crippen molar-refractivity contribution in [3.8, 4) is 0 Å². The largest absolute Gasteiger partial charge is 0.0843 e. The van der Waals surface area contributed by atoms with Gasteiger partial charge in [0.05, 0.1) is 10.0 Å². The summed E-state index contributed by atoms with van der Waals surface area (Å²) < 4.78 is 0. The van der Waals surface area contributed by atoms with Crippen molar-refractivity contribution in [1.82, 2.24) is 0 Å². The average molecular weight is 229 g/mol. The first kappa shape index (κ1) is 9.14. The second kappa shape index (κ2) is 3.38. The van der Waals surface area contributed by atoms with Gasteiger partial charge in [-0.05, 0) is 35.0 Å². The van der Waals surface area contributed by atoms with Gasteiger partial charge in [-0.3, -0.25) is 0 Å². The van der Waals surface area contributed by atoms with Gasteiger partial charge in [-0.15, -0.1) is 0 Å². The molecule has 0 atom stereocenters. The van der Waals surface area contributed by atoms with E-state index in [9.17, 15) is 0 Å². The maximum atomic E-state index is 5.81. The van der Waals surface area contributed by atoms with E-state index in [1.165, 1.54) is 0 Å². The van der Waals surface area contributed by atoms with E-state index < -0.39 is 0 Å². The zero-order valence-electron chi connectivity index (χ0n) is 6.37. The summed E-state index contributed by atoms with van der Waals surface area (Å²) in [6, 6.07) is 11.1. The molecule has 0 spiro atoms. The van der Waals surface area contributed by atoms with Crippen LogP contribution in [0.3, 0.4) is 0 Å². The Kier molecular flexibility index (Phi) is 2.37. The van der Waals surface area contributed by atoms with Crippen LogP contribution in [-0.2, 0) is 0 Å². The van der Waals surface area contributed by atoms with Crippen LogP contribution in [0.2, 0.25) is 15.1 Å². The molecule has 13 heavy (non-hydrogen) atoms. The van der Waals surface area contributed by atoms with E-state index in [4.69, 9.17) is 34.8 Å². The van der Waals surface area contributed by atoms with Crippen molar-refractivity contribution in [2.24, 2.45) is 0 Å². The van der Waals surface area contributed by atoms with Gasteiger partial charge >= 0.3 is 0 Å². The van der Waals surface area contributed by atoms with Gasteiger partial charge in [0.25, 0.3) is 0 Å². The maximum absolute atomic E-state index is 5.81. The molecule has 0 N–H and O–H groups in total. The SMILES string of the molecule is Clc1c[c]c2cc(Cl)c(Cl)[c]c2c1. The van der Waals surface area contributed by atoms with Crippen molar-refractivity contribution in [3.05, 3.63) is 45.4 Å². The Balaban J connectivity index is 2.81. The fraction of sp³-hybridized carbons (Fsp3) is 0. The molecule has 0 saturated carbocycles. The smallest absolute Gasteiger partial charge is 0.0677 e. The Morgan fingerprint density at radius 1 is 1.00 bits per heavy atom. The van der Waals surface area contributed by atoms with E-state index in [0.717, 1.165) is 10.8 Å². The average Bonchev–Trinajstić information content (AvgIpc) is 2.08. The van der Waals surface area contributed by atoms with Gasteiger partial charge in [0.2, 0.25) is 0 Å². The van der Waals surface area contributed by atoms with Crippen LogP contribution in [0.25, 0.3) is 10.8 Å². The van der Waals surface area contributed by atoms with Gasteiger partial charge in [-0.1, -0.05) is 34.8 Å². The van der Waals surface area contributed by atoms with Gasteiger partial charge in [0, 0.05) is 11.1 Å². The molecule has 0 aliphatic rings. The first-order chi connectivity index (χ1) is 6.16. The van der Waals surface area contributed by atoms with Crippen LogP contribution >= 0.6 is 34.8 Å². The predicted molar refractivity (Wildman–Crippen MR) is 56.7 cm³/mol. The van der Waals surface area contributed by atoms with Gasteiger partial charge in [-0.2, -0.15) is 0 Å². The minimum Gasteiger partial charge on any atom is -0.0843 e. The third-order valence-corrected chi connectivity index (χ3v) is 2.57. The molecular weight excluding hydrogens is 226 g/mol. The molecule has 0 fully saturated rings. The monoisotopic (exact) mass is 228 g/mol. The summed E-state index contributed by atoms with van der Waals surface area (Å²) >= 11 is 17.4. The van der Waals surface area contributed by atoms with Gasteiger partial charge in [0.1, 0.15) is 0 Å². The molecule has 3 heteroatoms. The standard InChI is InChI=1S/C10H3Cl3/c11-8-2-1-6-4-9(12)10(13)5-7(6)3-8/h2-4H. The Bertz CT molecular complexity index is 463. The molecule has 0 heterocycles. The molecule has 2 rings (SSSR count). The quantitative estimate of drug-likeness (QED) is 0.628. The third kappa shape index (κ3) is 1.76. The van der Waals surface area contributed by atoms with Crippen molar-refractivity contribution in [1.29, 1.82) is 0 Å². The number of fused-ring (bicyclic) bond motifs is 1. The summed E-state index contributed by atoms with van der Waals surface area (Å²) in [4.78, 5) is 0. The molecule has 0 aliphatic heterocycles. The zero-order valence-corrected chi connectivity index (χ0v) is 8.63. The molecule has 2 radical (unpaired) electrons. The van der Waals surface area contributed by atoms with Crippen LogP contribution < -0.4 is 0 Å². The van der Waals surface area contributed by atoms with Crippen molar-refractivity contribution in [3.63, 3.8) is 0 Å². The lowest BCUT2D eigenvalue weighted by atomic mass is 10.1. The summed E-state index contributed by atoms with van der Waals surface area (Å²) in [7, 11) is 0. The zero-order chi connectivity index (χ0) is 9.42. The highest BCUT2D eigenvalue weighted by Crippen LogP contribution is 2.28. The third-order valence-electron chi connectivity index (χ3n) is 1.66. The van der Waals surface area contributed by atoms with Crippen LogP contribution in [0, 0.1) is 12.1 Å². The van der Waals surface area contributed by atoms with E-state index in [0.29, 0.717) is 15.1 Å². The predicted octanol–water partition coefficient (Wildman–Crippen LogP) is 4.40. The summed E-state index contributed by atoms with van der Waals surface area (Å²) in [6.07, 6.45) is 0. The lowest BCUT2D eigenvalue weighted by molar-refractivity contribution is 1.72. The molecule has 0 saturated heterocycles.